The number of nitrogen functional groups attached to an aromatic ring is 1. The van der Waals surface area contributed by atoms with Gasteiger partial charge in [-0.05, 0) is 47.0 Å². The van der Waals surface area contributed by atoms with Crippen molar-refractivity contribution in [1.82, 2.24) is 9.88 Å². The van der Waals surface area contributed by atoms with E-state index in [9.17, 15) is 0 Å². The van der Waals surface area contributed by atoms with Crippen molar-refractivity contribution in [2.24, 2.45) is 0 Å². The number of aromatic nitrogens is 1. The van der Waals surface area contributed by atoms with Gasteiger partial charge in [0.25, 0.3) is 0 Å². The van der Waals surface area contributed by atoms with Crippen LogP contribution in [0.2, 0.25) is 0 Å². The normalized spacial score (nSPS) is 11.7. The molecule has 0 aliphatic rings. The predicted octanol–water partition coefficient (Wildman–Crippen LogP) is 1.81. The first-order valence-electron chi connectivity index (χ1n) is 6.17. The molecule has 102 valence electrons. The largest absolute Gasteiger partial charge is 0.476 e. The highest BCUT2D eigenvalue weighted by molar-refractivity contribution is 5.53. The Kier molecular flexibility index (Phi) is 4.78. The number of hydrogen-bond donors (Lipinski definition) is 2. The summed E-state index contributed by atoms with van der Waals surface area (Å²) in [6.45, 7) is 7.60. The van der Waals surface area contributed by atoms with Crippen LogP contribution in [0.1, 0.15) is 20.8 Å². The lowest BCUT2D eigenvalue weighted by Gasteiger charge is -2.32. The summed E-state index contributed by atoms with van der Waals surface area (Å²) in [4.78, 5) is 6.51. The van der Waals surface area contributed by atoms with E-state index in [1.54, 1.807) is 0 Å². The lowest BCUT2D eigenvalue weighted by molar-refractivity contribution is 0.210. The standard InChI is InChI=1S/C13H24N4O/c1-6-18-12-10(14)7-8-11(16-12)15-9-13(2,3)17(4)5/h7-8H,6,9,14H2,1-5H3,(H,15,16). The smallest absolute Gasteiger partial charge is 0.239 e. The van der Waals surface area contributed by atoms with Crippen LogP contribution >= 0.6 is 0 Å². The van der Waals surface area contributed by atoms with Gasteiger partial charge in [-0.2, -0.15) is 4.98 Å². The summed E-state index contributed by atoms with van der Waals surface area (Å²) in [5.74, 6) is 1.27. The van der Waals surface area contributed by atoms with Gasteiger partial charge in [0.1, 0.15) is 5.82 Å². The second kappa shape index (κ2) is 5.91. The summed E-state index contributed by atoms with van der Waals surface area (Å²) in [5, 5.41) is 3.30. The van der Waals surface area contributed by atoms with Crippen molar-refractivity contribution in [3.05, 3.63) is 12.1 Å². The van der Waals surface area contributed by atoms with Crippen LogP contribution in [-0.2, 0) is 0 Å². The number of likely N-dealkylation sites (N-methyl/N-ethyl adjacent to an activating group) is 1. The predicted molar refractivity (Wildman–Crippen MR) is 76.1 cm³/mol. The lowest BCUT2D eigenvalue weighted by Crippen LogP contribution is -2.44. The number of hydrogen-bond acceptors (Lipinski definition) is 5. The number of pyridine rings is 1. The van der Waals surface area contributed by atoms with Gasteiger partial charge in [-0.3, -0.25) is 0 Å². The molecule has 1 aromatic heterocycles. The molecule has 5 heteroatoms. The average molecular weight is 252 g/mol. The molecule has 0 amide bonds. The Bertz CT molecular complexity index is 391. The SMILES string of the molecule is CCOc1nc(NCC(C)(C)N(C)C)ccc1N. The van der Waals surface area contributed by atoms with Crippen LogP contribution in [0.25, 0.3) is 0 Å². The van der Waals surface area contributed by atoms with Crippen LogP contribution in [0.15, 0.2) is 12.1 Å². The zero-order valence-corrected chi connectivity index (χ0v) is 11.9. The van der Waals surface area contributed by atoms with Gasteiger partial charge in [0.2, 0.25) is 5.88 Å². The highest BCUT2D eigenvalue weighted by Gasteiger charge is 2.20. The zero-order chi connectivity index (χ0) is 13.8. The molecule has 0 fully saturated rings. The van der Waals surface area contributed by atoms with Gasteiger partial charge in [-0.15, -0.1) is 0 Å². The molecule has 0 atom stereocenters. The second-order valence-electron chi connectivity index (χ2n) is 5.08. The first-order chi connectivity index (χ1) is 8.36. The van der Waals surface area contributed by atoms with Crippen LogP contribution in [0.3, 0.4) is 0 Å². The molecule has 1 heterocycles. The number of rotatable bonds is 6. The number of ether oxygens (including phenoxy) is 1. The molecule has 0 saturated carbocycles. The third-order valence-corrected chi connectivity index (χ3v) is 3.08. The van der Waals surface area contributed by atoms with E-state index in [-0.39, 0.29) is 5.54 Å². The van der Waals surface area contributed by atoms with Gasteiger partial charge >= 0.3 is 0 Å². The Labute approximate surface area is 109 Å². The molecule has 0 aromatic carbocycles. The molecule has 0 saturated heterocycles. The molecular formula is C13H24N4O. The molecule has 0 spiro atoms. The molecule has 0 radical (unpaired) electrons. The summed E-state index contributed by atoms with van der Waals surface area (Å²) in [6, 6.07) is 3.67. The number of anilines is 2. The fourth-order valence-electron chi connectivity index (χ4n) is 1.27. The minimum atomic E-state index is 0.0504. The minimum Gasteiger partial charge on any atom is -0.476 e. The maximum absolute atomic E-state index is 5.78. The Morgan fingerprint density at radius 2 is 2.06 bits per heavy atom. The fourth-order valence-corrected chi connectivity index (χ4v) is 1.27. The quantitative estimate of drug-likeness (QED) is 0.808. The monoisotopic (exact) mass is 252 g/mol. The fraction of sp³-hybridized carbons (Fsp3) is 0.615. The van der Waals surface area contributed by atoms with E-state index in [1.807, 2.05) is 19.1 Å². The highest BCUT2D eigenvalue weighted by Crippen LogP contribution is 2.21. The van der Waals surface area contributed by atoms with E-state index in [1.165, 1.54) is 0 Å². The maximum atomic E-state index is 5.78. The van der Waals surface area contributed by atoms with Crippen molar-refractivity contribution in [2.45, 2.75) is 26.3 Å². The summed E-state index contributed by atoms with van der Waals surface area (Å²) in [7, 11) is 4.12. The highest BCUT2D eigenvalue weighted by atomic mass is 16.5. The lowest BCUT2D eigenvalue weighted by atomic mass is 10.0. The van der Waals surface area contributed by atoms with E-state index in [0.29, 0.717) is 18.2 Å². The van der Waals surface area contributed by atoms with Crippen molar-refractivity contribution in [2.75, 3.05) is 38.3 Å². The molecule has 0 bridgehead atoms. The van der Waals surface area contributed by atoms with Crippen LogP contribution in [0.4, 0.5) is 11.5 Å². The van der Waals surface area contributed by atoms with Crippen LogP contribution in [0.5, 0.6) is 5.88 Å². The molecular weight excluding hydrogens is 228 g/mol. The minimum absolute atomic E-state index is 0.0504. The molecule has 1 rings (SSSR count). The molecule has 0 unspecified atom stereocenters. The van der Waals surface area contributed by atoms with Gasteiger partial charge in [0.05, 0.1) is 12.3 Å². The molecule has 5 nitrogen and oxygen atoms in total. The molecule has 0 aliphatic heterocycles. The summed E-state index contributed by atoms with van der Waals surface area (Å²) < 4.78 is 5.37. The number of nitrogens with zero attached hydrogens (tertiary/aromatic N) is 2. The first-order valence-corrected chi connectivity index (χ1v) is 6.17. The van der Waals surface area contributed by atoms with Gasteiger partial charge in [0, 0.05) is 12.1 Å². The van der Waals surface area contributed by atoms with Crippen molar-refractivity contribution in [1.29, 1.82) is 0 Å². The summed E-state index contributed by atoms with van der Waals surface area (Å²) in [5.41, 5.74) is 6.40. The van der Waals surface area contributed by atoms with Crippen molar-refractivity contribution in [3.63, 3.8) is 0 Å². The Morgan fingerprint density at radius 3 is 2.61 bits per heavy atom. The van der Waals surface area contributed by atoms with Crippen molar-refractivity contribution in [3.8, 4) is 5.88 Å². The topological polar surface area (TPSA) is 63.4 Å². The average Bonchev–Trinajstić information content (AvgIpc) is 2.30. The van der Waals surface area contributed by atoms with E-state index in [2.05, 4.69) is 43.1 Å². The van der Waals surface area contributed by atoms with E-state index < -0.39 is 0 Å². The van der Waals surface area contributed by atoms with Crippen molar-refractivity contribution >= 4 is 11.5 Å². The van der Waals surface area contributed by atoms with E-state index in [4.69, 9.17) is 10.5 Å². The number of nitrogens with two attached hydrogens (primary N) is 1. The molecule has 0 aliphatic carbocycles. The Hall–Kier alpha value is -1.49. The summed E-state index contributed by atoms with van der Waals surface area (Å²) >= 11 is 0. The number of nitrogens with one attached hydrogen (secondary N) is 1. The van der Waals surface area contributed by atoms with Crippen LogP contribution < -0.4 is 15.8 Å². The van der Waals surface area contributed by atoms with Crippen molar-refractivity contribution < 1.29 is 4.74 Å². The maximum Gasteiger partial charge on any atom is 0.239 e. The van der Waals surface area contributed by atoms with Gasteiger partial charge in [0.15, 0.2) is 0 Å². The Balaban J connectivity index is 2.71. The molecule has 3 N–H and O–H groups in total. The summed E-state index contributed by atoms with van der Waals surface area (Å²) in [6.07, 6.45) is 0. The van der Waals surface area contributed by atoms with E-state index >= 15 is 0 Å². The Morgan fingerprint density at radius 1 is 1.39 bits per heavy atom. The third kappa shape index (κ3) is 3.77. The van der Waals surface area contributed by atoms with Gasteiger partial charge < -0.3 is 20.7 Å². The van der Waals surface area contributed by atoms with E-state index in [0.717, 1.165) is 12.4 Å². The third-order valence-electron chi connectivity index (χ3n) is 3.08. The first kappa shape index (κ1) is 14.6. The molecule has 18 heavy (non-hydrogen) atoms. The second-order valence-corrected chi connectivity index (χ2v) is 5.08. The van der Waals surface area contributed by atoms with Gasteiger partial charge in [-0.1, -0.05) is 0 Å². The zero-order valence-electron chi connectivity index (χ0n) is 11.9. The van der Waals surface area contributed by atoms with Crippen LogP contribution in [-0.4, -0.2) is 42.7 Å². The van der Waals surface area contributed by atoms with Gasteiger partial charge in [-0.25, -0.2) is 0 Å². The van der Waals surface area contributed by atoms with Crippen LogP contribution in [0, 0.1) is 0 Å². The molecule has 1 aromatic rings.